The SMILES string of the molecule is CC(=O)N1CC(C)C(O)C1C(N)=O. The first kappa shape index (κ1) is 9.98. The first-order chi connectivity index (χ1) is 5.95. The highest BCUT2D eigenvalue weighted by Gasteiger charge is 2.42. The van der Waals surface area contributed by atoms with Crippen molar-refractivity contribution in [3.8, 4) is 0 Å². The summed E-state index contributed by atoms with van der Waals surface area (Å²) < 4.78 is 0. The molecule has 3 unspecified atom stereocenters. The minimum atomic E-state index is -0.854. The highest BCUT2D eigenvalue weighted by atomic mass is 16.3. The Morgan fingerprint density at radius 2 is 2.08 bits per heavy atom. The predicted molar refractivity (Wildman–Crippen MR) is 45.5 cm³/mol. The van der Waals surface area contributed by atoms with Gasteiger partial charge in [0.2, 0.25) is 11.8 Å². The van der Waals surface area contributed by atoms with Crippen molar-refractivity contribution in [1.29, 1.82) is 0 Å². The molecule has 1 heterocycles. The molecule has 1 rings (SSSR count). The van der Waals surface area contributed by atoms with Gasteiger partial charge in [-0.15, -0.1) is 0 Å². The molecule has 0 spiro atoms. The van der Waals surface area contributed by atoms with Crippen LogP contribution in [-0.2, 0) is 9.59 Å². The first-order valence-electron chi connectivity index (χ1n) is 4.19. The van der Waals surface area contributed by atoms with E-state index in [1.54, 1.807) is 6.92 Å². The second-order valence-electron chi connectivity index (χ2n) is 3.49. The Labute approximate surface area is 76.5 Å². The lowest BCUT2D eigenvalue weighted by Crippen LogP contribution is -2.47. The number of likely N-dealkylation sites (tertiary alicyclic amines) is 1. The van der Waals surface area contributed by atoms with Crippen LogP contribution >= 0.6 is 0 Å². The van der Waals surface area contributed by atoms with Crippen LogP contribution in [0.3, 0.4) is 0 Å². The van der Waals surface area contributed by atoms with E-state index >= 15 is 0 Å². The average Bonchev–Trinajstić information content (AvgIpc) is 2.28. The van der Waals surface area contributed by atoms with Gasteiger partial charge in [0.1, 0.15) is 6.04 Å². The fourth-order valence-corrected chi connectivity index (χ4v) is 1.67. The van der Waals surface area contributed by atoms with Crippen molar-refractivity contribution in [1.82, 2.24) is 4.90 Å². The van der Waals surface area contributed by atoms with Crippen LogP contribution in [0, 0.1) is 5.92 Å². The highest BCUT2D eigenvalue weighted by molar-refractivity contribution is 5.87. The summed E-state index contributed by atoms with van der Waals surface area (Å²) in [6, 6.07) is -0.854. The number of hydrogen-bond acceptors (Lipinski definition) is 3. The van der Waals surface area contributed by atoms with E-state index in [-0.39, 0.29) is 11.8 Å². The van der Waals surface area contributed by atoms with Gasteiger partial charge in [0.25, 0.3) is 0 Å². The van der Waals surface area contributed by atoms with Gasteiger partial charge in [0.05, 0.1) is 6.10 Å². The largest absolute Gasteiger partial charge is 0.390 e. The van der Waals surface area contributed by atoms with Gasteiger partial charge in [-0.1, -0.05) is 6.92 Å². The maximum absolute atomic E-state index is 11.1. The Morgan fingerprint density at radius 3 is 2.38 bits per heavy atom. The van der Waals surface area contributed by atoms with Crippen LogP contribution in [-0.4, -0.2) is 40.5 Å². The smallest absolute Gasteiger partial charge is 0.242 e. The van der Waals surface area contributed by atoms with Gasteiger partial charge in [-0.05, 0) is 0 Å². The maximum Gasteiger partial charge on any atom is 0.242 e. The minimum Gasteiger partial charge on any atom is -0.390 e. The zero-order valence-electron chi connectivity index (χ0n) is 7.73. The molecule has 1 fully saturated rings. The Balaban J connectivity index is 2.86. The number of primary amides is 1. The number of carbonyl (C=O) groups excluding carboxylic acids is 2. The quantitative estimate of drug-likeness (QED) is 0.534. The van der Waals surface area contributed by atoms with E-state index < -0.39 is 18.1 Å². The van der Waals surface area contributed by atoms with Crippen LogP contribution in [0.5, 0.6) is 0 Å². The summed E-state index contributed by atoms with van der Waals surface area (Å²) in [6.07, 6.45) is -0.832. The summed E-state index contributed by atoms with van der Waals surface area (Å²) >= 11 is 0. The molecule has 0 aromatic heterocycles. The van der Waals surface area contributed by atoms with Crippen LogP contribution in [0.25, 0.3) is 0 Å². The van der Waals surface area contributed by atoms with E-state index in [9.17, 15) is 14.7 Å². The van der Waals surface area contributed by atoms with Crippen molar-refractivity contribution < 1.29 is 14.7 Å². The summed E-state index contributed by atoms with van der Waals surface area (Å²) in [4.78, 5) is 23.3. The number of nitrogens with zero attached hydrogens (tertiary/aromatic N) is 1. The molecule has 0 radical (unpaired) electrons. The Morgan fingerprint density at radius 1 is 1.54 bits per heavy atom. The molecule has 1 aliphatic heterocycles. The molecule has 0 aliphatic carbocycles. The number of aliphatic hydroxyl groups is 1. The molecule has 0 bridgehead atoms. The topological polar surface area (TPSA) is 83.6 Å². The molecular formula is C8H14N2O3. The molecule has 0 aromatic carbocycles. The Kier molecular flexibility index (Phi) is 2.56. The number of aliphatic hydroxyl groups excluding tert-OH is 1. The summed E-state index contributed by atoms with van der Waals surface area (Å²) in [7, 11) is 0. The minimum absolute atomic E-state index is 0.0959. The van der Waals surface area contributed by atoms with Crippen molar-refractivity contribution in [3.05, 3.63) is 0 Å². The molecule has 1 saturated heterocycles. The average molecular weight is 186 g/mol. The molecule has 2 amide bonds. The molecule has 5 heteroatoms. The normalized spacial score (nSPS) is 33.5. The summed E-state index contributed by atoms with van der Waals surface area (Å²) in [5.74, 6) is -0.972. The zero-order chi connectivity index (χ0) is 10.2. The van der Waals surface area contributed by atoms with Crippen LogP contribution in [0.1, 0.15) is 13.8 Å². The third-order valence-corrected chi connectivity index (χ3v) is 2.42. The van der Waals surface area contributed by atoms with Crippen LogP contribution < -0.4 is 5.73 Å². The molecule has 13 heavy (non-hydrogen) atoms. The van der Waals surface area contributed by atoms with Crippen LogP contribution in [0.15, 0.2) is 0 Å². The predicted octanol–water partition coefficient (Wildman–Crippen LogP) is -1.30. The molecular weight excluding hydrogens is 172 g/mol. The van der Waals surface area contributed by atoms with Crippen molar-refractivity contribution in [2.24, 2.45) is 11.7 Å². The Bertz CT molecular complexity index is 242. The van der Waals surface area contributed by atoms with Crippen LogP contribution in [0.2, 0.25) is 0 Å². The monoisotopic (exact) mass is 186 g/mol. The van der Waals surface area contributed by atoms with E-state index in [2.05, 4.69) is 0 Å². The second kappa shape index (κ2) is 3.33. The standard InChI is InChI=1S/C8H14N2O3/c1-4-3-10(5(2)11)6(7(4)12)8(9)13/h4,6-7,12H,3H2,1-2H3,(H2,9,13). The van der Waals surface area contributed by atoms with E-state index in [1.807, 2.05) is 0 Å². The van der Waals surface area contributed by atoms with Crippen LogP contribution in [0.4, 0.5) is 0 Å². The molecule has 1 aliphatic rings. The number of amides is 2. The number of hydrogen-bond donors (Lipinski definition) is 2. The third kappa shape index (κ3) is 1.65. The molecule has 5 nitrogen and oxygen atoms in total. The third-order valence-electron chi connectivity index (χ3n) is 2.42. The summed E-state index contributed by atoms with van der Waals surface area (Å²) in [5, 5.41) is 9.55. The molecule has 3 atom stereocenters. The lowest BCUT2D eigenvalue weighted by molar-refractivity contribution is -0.137. The van der Waals surface area contributed by atoms with E-state index in [0.717, 1.165) is 0 Å². The van der Waals surface area contributed by atoms with Crippen molar-refractivity contribution in [2.45, 2.75) is 26.0 Å². The highest BCUT2D eigenvalue weighted by Crippen LogP contribution is 2.23. The van der Waals surface area contributed by atoms with E-state index in [4.69, 9.17) is 5.73 Å². The van der Waals surface area contributed by atoms with E-state index in [1.165, 1.54) is 11.8 Å². The van der Waals surface area contributed by atoms with Gasteiger partial charge in [0.15, 0.2) is 0 Å². The second-order valence-corrected chi connectivity index (χ2v) is 3.49. The van der Waals surface area contributed by atoms with Gasteiger partial charge >= 0.3 is 0 Å². The fraction of sp³-hybridized carbons (Fsp3) is 0.750. The molecule has 0 saturated carbocycles. The number of rotatable bonds is 1. The van der Waals surface area contributed by atoms with Gasteiger partial charge in [-0.3, -0.25) is 9.59 Å². The summed E-state index contributed by atoms with van der Waals surface area (Å²) in [6.45, 7) is 3.54. The van der Waals surface area contributed by atoms with Gasteiger partial charge in [-0.25, -0.2) is 0 Å². The lowest BCUT2D eigenvalue weighted by Gasteiger charge is -2.21. The molecule has 3 N–H and O–H groups in total. The number of nitrogens with two attached hydrogens (primary N) is 1. The zero-order valence-corrected chi connectivity index (χ0v) is 7.73. The molecule has 74 valence electrons. The Hall–Kier alpha value is -1.10. The van der Waals surface area contributed by atoms with Gasteiger partial charge in [0, 0.05) is 19.4 Å². The fourth-order valence-electron chi connectivity index (χ4n) is 1.67. The molecule has 0 aromatic rings. The number of carbonyl (C=O) groups is 2. The van der Waals surface area contributed by atoms with Gasteiger partial charge in [-0.2, -0.15) is 0 Å². The first-order valence-corrected chi connectivity index (χ1v) is 4.19. The summed E-state index contributed by atoms with van der Waals surface area (Å²) in [5.41, 5.74) is 5.09. The van der Waals surface area contributed by atoms with E-state index in [0.29, 0.717) is 6.54 Å². The maximum atomic E-state index is 11.1. The van der Waals surface area contributed by atoms with Crippen molar-refractivity contribution >= 4 is 11.8 Å². The van der Waals surface area contributed by atoms with Crippen molar-refractivity contribution in [2.75, 3.05) is 6.54 Å². The van der Waals surface area contributed by atoms with Crippen molar-refractivity contribution in [3.63, 3.8) is 0 Å². The lowest BCUT2D eigenvalue weighted by atomic mass is 10.0. The van der Waals surface area contributed by atoms with Gasteiger partial charge < -0.3 is 15.7 Å².